The molecule has 0 saturated carbocycles. The number of nitrogens with zero attached hydrogens (tertiary/aromatic N) is 2. The Kier molecular flexibility index (Phi) is 5.06. The number of aromatic nitrogens is 1. The summed E-state index contributed by atoms with van der Waals surface area (Å²) in [6, 6.07) is 12.1. The number of aryl methyl sites for hydroxylation is 1. The topological polar surface area (TPSA) is 45.2 Å². The molecular formula is C17H21N3O. The Morgan fingerprint density at radius 3 is 2.52 bits per heavy atom. The van der Waals surface area contributed by atoms with Crippen molar-refractivity contribution in [2.45, 2.75) is 13.0 Å². The second-order valence-electron chi connectivity index (χ2n) is 5.34. The summed E-state index contributed by atoms with van der Waals surface area (Å²) in [4.78, 5) is 18.2. The number of benzene rings is 1. The second kappa shape index (κ2) is 6.99. The quantitative estimate of drug-likeness (QED) is 0.916. The zero-order chi connectivity index (χ0) is 15.2. The summed E-state index contributed by atoms with van der Waals surface area (Å²) in [5.41, 5.74) is 3.01. The van der Waals surface area contributed by atoms with E-state index in [0.29, 0.717) is 12.1 Å². The fourth-order valence-electron chi connectivity index (χ4n) is 2.18. The first-order valence-electron chi connectivity index (χ1n) is 6.99. The average Bonchev–Trinajstić information content (AvgIpc) is 2.49. The molecule has 0 radical (unpaired) electrons. The molecule has 0 aliphatic carbocycles. The van der Waals surface area contributed by atoms with E-state index in [1.165, 1.54) is 11.1 Å². The van der Waals surface area contributed by atoms with E-state index in [4.69, 9.17) is 0 Å². The van der Waals surface area contributed by atoms with Crippen LogP contribution in [-0.4, -0.2) is 36.4 Å². The average molecular weight is 283 g/mol. The van der Waals surface area contributed by atoms with E-state index < -0.39 is 0 Å². The van der Waals surface area contributed by atoms with E-state index in [1.807, 2.05) is 14.1 Å². The second-order valence-corrected chi connectivity index (χ2v) is 5.34. The van der Waals surface area contributed by atoms with Gasteiger partial charge in [-0.3, -0.25) is 9.78 Å². The number of amides is 1. The van der Waals surface area contributed by atoms with Gasteiger partial charge in [0.05, 0.1) is 11.6 Å². The molecule has 1 aromatic carbocycles. The standard InChI is InChI=1S/C17H21N3O/c1-13-6-8-14(9-7-13)16(20(2)3)12-19-17(21)15-5-4-10-18-11-15/h4-11,16H,12H2,1-3H3,(H,19,21). The molecule has 0 saturated heterocycles. The summed E-state index contributed by atoms with van der Waals surface area (Å²) in [6.45, 7) is 2.63. The normalized spacial score (nSPS) is 12.2. The van der Waals surface area contributed by atoms with Crippen LogP contribution in [0.3, 0.4) is 0 Å². The third-order valence-electron chi connectivity index (χ3n) is 3.47. The molecule has 110 valence electrons. The van der Waals surface area contributed by atoms with Gasteiger partial charge in [-0.1, -0.05) is 29.8 Å². The highest BCUT2D eigenvalue weighted by molar-refractivity contribution is 5.93. The van der Waals surface area contributed by atoms with Gasteiger partial charge in [-0.25, -0.2) is 0 Å². The summed E-state index contributed by atoms with van der Waals surface area (Å²) in [5, 5.41) is 2.97. The van der Waals surface area contributed by atoms with Crippen molar-refractivity contribution in [1.29, 1.82) is 0 Å². The Morgan fingerprint density at radius 1 is 1.24 bits per heavy atom. The number of pyridine rings is 1. The van der Waals surface area contributed by atoms with Crippen LogP contribution in [0, 0.1) is 6.92 Å². The van der Waals surface area contributed by atoms with Gasteiger partial charge in [0, 0.05) is 18.9 Å². The predicted octanol–water partition coefficient (Wildman–Crippen LogP) is 2.42. The van der Waals surface area contributed by atoms with E-state index in [2.05, 4.69) is 46.4 Å². The van der Waals surface area contributed by atoms with E-state index in [0.717, 1.165) is 0 Å². The Bertz CT molecular complexity index is 579. The number of rotatable bonds is 5. The van der Waals surface area contributed by atoms with Gasteiger partial charge in [0.15, 0.2) is 0 Å². The molecule has 0 aliphatic heterocycles. The third kappa shape index (κ3) is 4.13. The van der Waals surface area contributed by atoms with Crippen molar-refractivity contribution >= 4 is 5.91 Å². The molecule has 0 spiro atoms. The predicted molar refractivity (Wildman–Crippen MR) is 84.2 cm³/mol. The number of hydrogen-bond acceptors (Lipinski definition) is 3. The molecule has 0 fully saturated rings. The van der Waals surface area contributed by atoms with Gasteiger partial charge in [-0.2, -0.15) is 0 Å². The molecule has 4 nitrogen and oxygen atoms in total. The van der Waals surface area contributed by atoms with Gasteiger partial charge in [0.2, 0.25) is 0 Å². The zero-order valence-electron chi connectivity index (χ0n) is 12.7. The molecule has 1 atom stereocenters. The zero-order valence-corrected chi connectivity index (χ0v) is 12.7. The van der Waals surface area contributed by atoms with Crippen LogP contribution >= 0.6 is 0 Å². The molecule has 2 aromatic rings. The summed E-state index contributed by atoms with van der Waals surface area (Å²) in [6.07, 6.45) is 3.23. The van der Waals surface area contributed by atoms with Crippen LogP contribution in [0.4, 0.5) is 0 Å². The van der Waals surface area contributed by atoms with Crippen molar-refractivity contribution in [1.82, 2.24) is 15.2 Å². The molecule has 0 bridgehead atoms. The minimum Gasteiger partial charge on any atom is -0.350 e. The highest BCUT2D eigenvalue weighted by atomic mass is 16.1. The van der Waals surface area contributed by atoms with Crippen molar-refractivity contribution in [3.63, 3.8) is 0 Å². The van der Waals surface area contributed by atoms with Crippen LogP contribution < -0.4 is 5.32 Å². The summed E-state index contributed by atoms with van der Waals surface area (Å²) in [7, 11) is 4.03. The van der Waals surface area contributed by atoms with Crippen LogP contribution in [-0.2, 0) is 0 Å². The third-order valence-corrected chi connectivity index (χ3v) is 3.47. The first kappa shape index (κ1) is 15.2. The monoisotopic (exact) mass is 283 g/mol. The maximum Gasteiger partial charge on any atom is 0.252 e. The summed E-state index contributed by atoms with van der Waals surface area (Å²) in [5.74, 6) is -0.0953. The fourth-order valence-corrected chi connectivity index (χ4v) is 2.18. The Balaban J connectivity index is 2.04. The highest BCUT2D eigenvalue weighted by Gasteiger charge is 2.15. The van der Waals surface area contributed by atoms with Gasteiger partial charge >= 0.3 is 0 Å². The molecule has 1 heterocycles. The van der Waals surface area contributed by atoms with Crippen LogP contribution in [0.15, 0.2) is 48.8 Å². The first-order chi connectivity index (χ1) is 10.1. The minimum absolute atomic E-state index is 0.0953. The van der Waals surface area contributed by atoms with Crippen molar-refractivity contribution in [3.05, 3.63) is 65.5 Å². The van der Waals surface area contributed by atoms with Crippen molar-refractivity contribution < 1.29 is 4.79 Å². The molecule has 1 amide bonds. The molecule has 4 heteroatoms. The minimum atomic E-state index is -0.0953. The molecule has 2 rings (SSSR count). The van der Waals surface area contributed by atoms with Crippen LogP contribution in [0.5, 0.6) is 0 Å². The largest absolute Gasteiger partial charge is 0.350 e. The molecule has 1 unspecified atom stereocenters. The maximum atomic E-state index is 12.1. The van der Waals surface area contributed by atoms with Gasteiger partial charge in [-0.15, -0.1) is 0 Å². The Hall–Kier alpha value is -2.20. The number of nitrogens with one attached hydrogen (secondary N) is 1. The van der Waals surface area contributed by atoms with Crippen LogP contribution in [0.25, 0.3) is 0 Å². The molecular weight excluding hydrogens is 262 g/mol. The van der Waals surface area contributed by atoms with Gasteiger partial charge in [0.1, 0.15) is 0 Å². The molecule has 21 heavy (non-hydrogen) atoms. The van der Waals surface area contributed by atoms with Gasteiger partial charge in [-0.05, 0) is 38.7 Å². The smallest absolute Gasteiger partial charge is 0.252 e. The number of carbonyl (C=O) groups excluding carboxylic acids is 1. The van der Waals surface area contributed by atoms with Crippen molar-refractivity contribution in [2.75, 3.05) is 20.6 Å². The van der Waals surface area contributed by atoms with E-state index >= 15 is 0 Å². The highest BCUT2D eigenvalue weighted by Crippen LogP contribution is 2.18. The molecule has 1 N–H and O–H groups in total. The van der Waals surface area contributed by atoms with Crippen LogP contribution in [0.2, 0.25) is 0 Å². The lowest BCUT2D eigenvalue weighted by Crippen LogP contribution is -2.34. The number of likely N-dealkylation sites (N-methyl/N-ethyl adjacent to an activating group) is 1. The first-order valence-corrected chi connectivity index (χ1v) is 6.99. The van der Waals surface area contributed by atoms with Gasteiger partial charge < -0.3 is 10.2 Å². The van der Waals surface area contributed by atoms with E-state index in [9.17, 15) is 4.79 Å². The van der Waals surface area contributed by atoms with Crippen LogP contribution in [0.1, 0.15) is 27.5 Å². The molecule has 1 aromatic heterocycles. The summed E-state index contributed by atoms with van der Waals surface area (Å²) >= 11 is 0. The lowest BCUT2D eigenvalue weighted by Gasteiger charge is -2.25. The fraction of sp³-hybridized carbons (Fsp3) is 0.294. The maximum absolute atomic E-state index is 12.1. The number of carbonyl (C=O) groups is 1. The van der Waals surface area contributed by atoms with Crippen molar-refractivity contribution in [2.24, 2.45) is 0 Å². The van der Waals surface area contributed by atoms with Gasteiger partial charge in [0.25, 0.3) is 5.91 Å². The Labute approximate surface area is 125 Å². The number of hydrogen-bond donors (Lipinski definition) is 1. The summed E-state index contributed by atoms with van der Waals surface area (Å²) < 4.78 is 0. The molecule has 0 aliphatic rings. The Morgan fingerprint density at radius 2 is 1.95 bits per heavy atom. The lowest BCUT2D eigenvalue weighted by molar-refractivity contribution is 0.0941. The van der Waals surface area contributed by atoms with E-state index in [1.54, 1.807) is 24.5 Å². The SMILES string of the molecule is Cc1ccc(C(CNC(=O)c2cccnc2)N(C)C)cc1. The van der Waals surface area contributed by atoms with E-state index in [-0.39, 0.29) is 11.9 Å². The lowest BCUT2D eigenvalue weighted by atomic mass is 10.0. The van der Waals surface area contributed by atoms with Crippen molar-refractivity contribution in [3.8, 4) is 0 Å².